The number of hydrogen-bond acceptors (Lipinski definition) is 1. The highest BCUT2D eigenvalue weighted by Gasteiger charge is 2.24. The van der Waals surface area contributed by atoms with Crippen molar-refractivity contribution >= 4 is 34.9 Å². The number of fused-ring (bicyclic) bond motifs is 1. The number of aromatic nitrogens is 2. The van der Waals surface area contributed by atoms with Gasteiger partial charge >= 0.3 is 0 Å². The van der Waals surface area contributed by atoms with Crippen LogP contribution in [0.25, 0.3) is 11.0 Å². The Morgan fingerprint density at radius 2 is 2.05 bits per heavy atom. The molecule has 1 aromatic heterocycles. The van der Waals surface area contributed by atoms with Crippen LogP contribution in [-0.2, 0) is 0 Å². The molecule has 1 fully saturated rings. The van der Waals surface area contributed by atoms with Gasteiger partial charge < -0.3 is 9.55 Å². The third kappa shape index (κ3) is 2.53. The van der Waals surface area contributed by atoms with E-state index in [-0.39, 0.29) is 0 Å². The monoisotopic (exact) mass is 308 g/mol. The Labute approximate surface area is 130 Å². The van der Waals surface area contributed by atoms with E-state index >= 15 is 0 Å². The number of halogens is 1. The van der Waals surface area contributed by atoms with Crippen molar-refractivity contribution in [1.82, 2.24) is 9.55 Å². The summed E-state index contributed by atoms with van der Waals surface area (Å²) in [4.78, 5) is 3.29. The highest BCUT2D eigenvalue weighted by molar-refractivity contribution is 7.71. The molecule has 0 spiro atoms. The van der Waals surface area contributed by atoms with Gasteiger partial charge in [0.25, 0.3) is 0 Å². The molecule has 2 nitrogen and oxygen atoms in total. The fourth-order valence-electron chi connectivity index (χ4n) is 3.59. The summed E-state index contributed by atoms with van der Waals surface area (Å²) in [6.07, 6.45) is 7.74. The van der Waals surface area contributed by atoms with Gasteiger partial charge in [0.2, 0.25) is 0 Å². The van der Waals surface area contributed by atoms with E-state index in [4.69, 9.17) is 23.8 Å². The maximum absolute atomic E-state index is 6.39. The molecule has 1 heterocycles. The van der Waals surface area contributed by atoms with Crippen LogP contribution in [0, 0.1) is 10.7 Å². The van der Waals surface area contributed by atoms with E-state index in [9.17, 15) is 0 Å². The number of para-hydroxylation sites is 1. The molecule has 1 N–H and O–H groups in total. The van der Waals surface area contributed by atoms with E-state index in [0.717, 1.165) is 26.7 Å². The second-order valence-electron chi connectivity index (χ2n) is 5.90. The van der Waals surface area contributed by atoms with Gasteiger partial charge in [-0.3, -0.25) is 0 Å². The molecule has 20 heavy (non-hydrogen) atoms. The summed E-state index contributed by atoms with van der Waals surface area (Å²) in [5, 5.41) is 0.797. The zero-order valence-corrected chi connectivity index (χ0v) is 13.4. The van der Waals surface area contributed by atoms with E-state index in [2.05, 4.69) is 22.5 Å². The molecule has 0 amide bonds. The fourth-order valence-corrected chi connectivity index (χ4v) is 4.20. The van der Waals surface area contributed by atoms with Crippen molar-refractivity contribution in [2.24, 2.45) is 5.92 Å². The van der Waals surface area contributed by atoms with E-state index in [0.29, 0.717) is 6.04 Å². The maximum Gasteiger partial charge on any atom is 0.178 e. The predicted octanol–water partition coefficient (Wildman–Crippen LogP) is 5.88. The van der Waals surface area contributed by atoms with Gasteiger partial charge in [0.05, 0.1) is 16.1 Å². The standard InChI is InChI=1S/C16H21ClN2S/c1-2-4-11-7-9-12(10-8-11)19-15-13(17)5-3-6-14(15)18-16(19)20/h3,5-6,11-12H,2,4,7-10H2,1H3,(H,18,20). The number of rotatable bonds is 3. The Bertz CT molecular complexity index is 650. The first-order chi connectivity index (χ1) is 9.70. The molecule has 108 valence electrons. The molecule has 0 atom stereocenters. The van der Waals surface area contributed by atoms with Crippen molar-refractivity contribution in [3.8, 4) is 0 Å². The maximum atomic E-state index is 6.39. The molecule has 0 bridgehead atoms. The second-order valence-corrected chi connectivity index (χ2v) is 6.69. The zero-order chi connectivity index (χ0) is 14.1. The average Bonchev–Trinajstić information content (AvgIpc) is 2.78. The third-order valence-corrected chi connectivity index (χ3v) is 5.17. The van der Waals surface area contributed by atoms with Gasteiger partial charge in [-0.2, -0.15) is 0 Å². The first kappa shape index (κ1) is 14.2. The smallest absolute Gasteiger partial charge is 0.178 e. The number of nitrogens with one attached hydrogen (secondary N) is 1. The van der Waals surface area contributed by atoms with Crippen molar-refractivity contribution in [3.05, 3.63) is 28.0 Å². The van der Waals surface area contributed by atoms with Gasteiger partial charge in [-0.15, -0.1) is 0 Å². The normalized spacial score (nSPS) is 23.3. The molecule has 0 unspecified atom stereocenters. The number of aromatic amines is 1. The molecule has 3 rings (SSSR count). The molecule has 2 aromatic rings. The van der Waals surface area contributed by atoms with Gasteiger partial charge in [-0.1, -0.05) is 37.4 Å². The number of hydrogen-bond donors (Lipinski definition) is 1. The van der Waals surface area contributed by atoms with Crippen LogP contribution in [0.5, 0.6) is 0 Å². The number of nitrogens with zero attached hydrogens (tertiary/aromatic N) is 1. The molecule has 0 radical (unpaired) electrons. The summed E-state index contributed by atoms with van der Waals surface area (Å²) >= 11 is 11.9. The fraction of sp³-hybridized carbons (Fsp3) is 0.562. The SMILES string of the molecule is CCCC1CCC(n2c(=S)[nH]c3cccc(Cl)c32)CC1. The second kappa shape index (κ2) is 5.90. The highest BCUT2D eigenvalue weighted by atomic mass is 35.5. The molecule has 1 aliphatic rings. The third-order valence-electron chi connectivity index (χ3n) is 4.57. The van der Waals surface area contributed by atoms with E-state index in [1.807, 2.05) is 12.1 Å². The van der Waals surface area contributed by atoms with E-state index in [1.54, 1.807) is 0 Å². The molecule has 0 saturated heterocycles. The number of H-pyrrole nitrogens is 1. The summed E-state index contributed by atoms with van der Waals surface area (Å²) in [5.41, 5.74) is 2.14. The summed E-state index contributed by atoms with van der Waals surface area (Å²) in [5.74, 6) is 0.908. The lowest BCUT2D eigenvalue weighted by atomic mass is 9.83. The highest BCUT2D eigenvalue weighted by Crippen LogP contribution is 2.37. The van der Waals surface area contributed by atoms with E-state index in [1.165, 1.54) is 38.5 Å². The van der Waals surface area contributed by atoms with Crippen LogP contribution in [0.3, 0.4) is 0 Å². The van der Waals surface area contributed by atoms with Gasteiger partial charge in [0.15, 0.2) is 4.77 Å². The quantitative estimate of drug-likeness (QED) is 0.702. The van der Waals surface area contributed by atoms with Crippen LogP contribution < -0.4 is 0 Å². The summed E-state index contributed by atoms with van der Waals surface area (Å²) < 4.78 is 3.07. The lowest BCUT2D eigenvalue weighted by molar-refractivity contribution is 0.264. The Kier molecular flexibility index (Phi) is 4.18. The van der Waals surface area contributed by atoms with E-state index < -0.39 is 0 Å². The lowest BCUT2D eigenvalue weighted by Crippen LogP contribution is -2.18. The largest absolute Gasteiger partial charge is 0.331 e. The van der Waals surface area contributed by atoms with Gasteiger partial charge in [-0.25, -0.2) is 0 Å². The molecule has 0 aliphatic heterocycles. The van der Waals surface area contributed by atoms with Crippen LogP contribution in [0.2, 0.25) is 5.02 Å². The average molecular weight is 309 g/mol. The Morgan fingerprint density at radius 1 is 1.30 bits per heavy atom. The van der Waals surface area contributed by atoms with Crippen LogP contribution >= 0.6 is 23.8 Å². The molecule has 4 heteroatoms. The minimum atomic E-state index is 0.504. The Hall–Kier alpha value is -0.800. The van der Waals surface area contributed by atoms with Gasteiger partial charge in [-0.05, 0) is 56.0 Å². The number of benzene rings is 1. The van der Waals surface area contributed by atoms with Gasteiger partial charge in [0.1, 0.15) is 0 Å². The van der Waals surface area contributed by atoms with Gasteiger partial charge in [0, 0.05) is 6.04 Å². The Morgan fingerprint density at radius 3 is 2.75 bits per heavy atom. The van der Waals surface area contributed by atoms with Crippen LogP contribution in [-0.4, -0.2) is 9.55 Å². The molecular weight excluding hydrogens is 288 g/mol. The van der Waals surface area contributed by atoms with Crippen molar-refractivity contribution < 1.29 is 0 Å². The molecule has 1 saturated carbocycles. The lowest BCUT2D eigenvalue weighted by Gasteiger charge is -2.29. The van der Waals surface area contributed by atoms with Crippen molar-refractivity contribution in [2.75, 3.05) is 0 Å². The van der Waals surface area contributed by atoms with Crippen molar-refractivity contribution in [2.45, 2.75) is 51.5 Å². The topological polar surface area (TPSA) is 20.7 Å². The molecular formula is C16H21ClN2S. The van der Waals surface area contributed by atoms with Crippen molar-refractivity contribution in [3.63, 3.8) is 0 Å². The Balaban J connectivity index is 1.92. The summed E-state index contributed by atoms with van der Waals surface area (Å²) in [7, 11) is 0. The van der Waals surface area contributed by atoms with Crippen LogP contribution in [0.1, 0.15) is 51.5 Å². The zero-order valence-electron chi connectivity index (χ0n) is 11.9. The minimum absolute atomic E-state index is 0.504. The minimum Gasteiger partial charge on any atom is -0.331 e. The molecule has 1 aromatic carbocycles. The predicted molar refractivity (Wildman–Crippen MR) is 88.0 cm³/mol. The summed E-state index contributed by atoms with van der Waals surface area (Å²) in [6.45, 7) is 2.28. The first-order valence-electron chi connectivity index (χ1n) is 7.59. The molecule has 1 aliphatic carbocycles. The van der Waals surface area contributed by atoms with Crippen molar-refractivity contribution in [1.29, 1.82) is 0 Å². The van der Waals surface area contributed by atoms with Crippen LogP contribution in [0.15, 0.2) is 18.2 Å². The first-order valence-corrected chi connectivity index (χ1v) is 8.38. The number of imidazole rings is 1. The van der Waals surface area contributed by atoms with Crippen LogP contribution in [0.4, 0.5) is 0 Å². The summed E-state index contributed by atoms with van der Waals surface area (Å²) in [6, 6.07) is 6.48.